The van der Waals surface area contributed by atoms with E-state index in [1.54, 1.807) is 49.6 Å². The van der Waals surface area contributed by atoms with Crippen molar-refractivity contribution in [3.8, 4) is 5.75 Å². The van der Waals surface area contributed by atoms with Gasteiger partial charge in [-0.2, -0.15) is 0 Å². The molecule has 2 amide bonds. The summed E-state index contributed by atoms with van der Waals surface area (Å²) in [5.41, 5.74) is 1.19. The zero-order valence-electron chi connectivity index (χ0n) is 14.0. The first-order valence-corrected chi connectivity index (χ1v) is 9.27. The van der Waals surface area contributed by atoms with Crippen LogP contribution in [0.15, 0.2) is 64.0 Å². The van der Waals surface area contributed by atoms with Crippen molar-refractivity contribution in [3.63, 3.8) is 0 Å². The van der Waals surface area contributed by atoms with Crippen molar-refractivity contribution in [2.45, 2.75) is 9.24 Å². The molecule has 138 valence electrons. The van der Waals surface area contributed by atoms with Crippen molar-refractivity contribution in [1.82, 2.24) is 4.98 Å². The second kappa shape index (κ2) is 8.52. The molecule has 0 fully saturated rings. The zero-order chi connectivity index (χ0) is 19.2. The fourth-order valence-electron chi connectivity index (χ4n) is 2.09. The number of thiazole rings is 1. The van der Waals surface area contributed by atoms with Gasteiger partial charge in [0.2, 0.25) is 0 Å². The molecule has 2 N–H and O–H groups in total. The van der Waals surface area contributed by atoms with Crippen LogP contribution in [0.4, 0.5) is 21.2 Å². The first-order chi connectivity index (χ1) is 13.0. The first kappa shape index (κ1) is 18.7. The highest BCUT2D eigenvalue weighted by Crippen LogP contribution is 2.37. The van der Waals surface area contributed by atoms with Crippen LogP contribution in [0.25, 0.3) is 0 Å². The smallest absolute Gasteiger partial charge is 0.344 e. The molecule has 0 aliphatic rings. The number of benzene rings is 2. The highest BCUT2D eigenvalue weighted by Gasteiger charge is 2.14. The third-order valence-electron chi connectivity index (χ3n) is 3.33. The lowest BCUT2D eigenvalue weighted by Gasteiger charge is -2.11. The summed E-state index contributed by atoms with van der Waals surface area (Å²) in [7, 11) is 1.57. The number of carbonyl (C=O) groups excluding carboxylic acids is 1. The minimum absolute atomic E-state index is 0.0276. The number of urea groups is 1. The van der Waals surface area contributed by atoms with Gasteiger partial charge in [-0.3, -0.25) is 10.1 Å². The van der Waals surface area contributed by atoms with Crippen LogP contribution < -0.4 is 15.4 Å². The third kappa shape index (κ3) is 4.96. The molecule has 3 rings (SSSR count). The molecule has 0 saturated heterocycles. The molecule has 0 unspecified atom stereocenters. The number of hydrogen-bond acceptors (Lipinski definition) is 7. The summed E-state index contributed by atoms with van der Waals surface area (Å²) in [6, 6.07) is 13.7. The maximum atomic E-state index is 12.3. The number of amides is 2. The number of nitrogens with zero attached hydrogens (tertiary/aromatic N) is 2. The Morgan fingerprint density at radius 2 is 1.93 bits per heavy atom. The van der Waals surface area contributed by atoms with Gasteiger partial charge in [0, 0.05) is 10.6 Å². The summed E-state index contributed by atoms with van der Waals surface area (Å²) in [6.45, 7) is 0. The largest absolute Gasteiger partial charge is 0.497 e. The number of aromatic nitrogens is 1. The van der Waals surface area contributed by atoms with Crippen LogP contribution in [-0.4, -0.2) is 23.0 Å². The lowest BCUT2D eigenvalue weighted by molar-refractivity contribution is -0.380. The maximum Gasteiger partial charge on any atom is 0.344 e. The van der Waals surface area contributed by atoms with Gasteiger partial charge in [0.15, 0.2) is 4.34 Å². The molecule has 0 aliphatic heterocycles. The van der Waals surface area contributed by atoms with E-state index in [9.17, 15) is 14.9 Å². The van der Waals surface area contributed by atoms with Crippen molar-refractivity contribution in [2.24, 2.45) is 0 Å². The van der Waals surface area contributed by atoms with Crippen LogP contribution in [-0.2, 0) is 0 Å². The lowest BCUT2D eigenvalue weighted by Crippen LogP contribution is -2.19. The van der Waals surface area contributed by atoms with Gasteiger partial charge in [0.05, 0.1) is 17.7 Å². The van der Waals surface area contributed by atoms with E-state index in [-0.39, 0.29) is 5.00 Å². The molecule has 0 atom stereocenters. The van der Waals surface area contributed by atoms with Gasteiger partial charge in [-0.1, -0.05) is 23.9 Å². The highest BCUT2D eigenvalue weighted by atomic mass is 32.2. The molecule has 0 radical (unpaired) electrons. The van der Waals surface area contributed by atoms with Gasteiger partial charge < -0.3 is 15.4 Å². The number of ether oxygens (including phenoxy) is 1. The molecular formula is C17H14N4O4S2. The summed E-state index contributed by atoms with van der Waals surface area (Å²) in [6.07, 6.45) is 1.22. The molecule has 3 aromatic rings. The second-order valence-electron chi connectivity index (χ2n) is 5.13. The molecule has 0 saturated carbocycles. The number of carbonyl (C=O) groups is 1. The average molecular weight is 402 g/mol. The van der Waals surface area contributed by atoms with Gasteiger partial charge in [0.25, 0.3) is 0 Å². The number of rotatable bonds is 6. The number of nitro groups is 1. The lowest BCUT2D eigenvalue weighted by atomic mass is 10.3. The summed E-state index contributed by atoms with van der Waals surface area (Å²) < 4.78 is 5.60. The Morgan fingerprint density at radius 3 is 2.59 bits per heavy atom. The minimum atomic E-state index is -0.478. The Balaban J connectivity index is 1.69. The van der Waals surface area contributed by atoms with E-state index in [1.165, 1.54) is 18.0 Å². The Bertz CT molecular complexity index is 960. The molecule has 10 heteroatoms. The van der Waals surface area contributed by atoms with Crippen LogP contribution >= 0.6 is 23.1 Å². The van der Waals surface area contributed by atoms with Crippen molar-refractivity contribution in [3.05, 3.63) is 64.8 Å². The number of anilines is 2. The van der Waals surface area contributed by atoms with Crippen molar-refractivity contribution in [2.75, 3.05) is 17.7 Å². The van der Waals surface area contributed by atoms with Gasteiger partial charge >= 0.3 is 11.0 Å². The maximum absolute atomic E-state index is 12.3. The van der Waals surface area contributed by atoms with E-state index in [0.717, 1.165) is 16.2 Å². The van der Waals surface area contributed by atoms with E-state index >= 15 is 0 Å². The van der Waals surface area contributed by atoms with Crippen molar-refractivity contribution in [1.29, 1.82) is 0 Å². The Morgan fingerprint density at radius 1 is 1.19 bits per heavy atom. The van der Waals surface area contributed by atoms with Crippen molar-refractivity contribution >= 4 is 45.5 Å². The van der Waals surface area contributed by atoms with E-state index in [0.29, 0.717) is 21.5 Å². The molecule has 1 heterocycles. The quantitative estimate of drug-likeness (QED) is 0.451. The van der Waals surface area contributed by atoms with Gasteiger partial charge in [-0.15, -0.1) is 0 Å². The molecule has 0 bridgehead atoms. The van der Waals surface area contributed by atoms with E-state index in [4.69, 9.17) is 4.74 Å². The summed E-state index contributed by atoms with van der Waals surface area (Å²) in [5, 5.41) is 16.3. The Kier molecular flexibility index (Phi) is 5.89. The van der Waals surface area contributed by atoms with Crippen LogP contribution in [0, 0.1) is 10.1 Å². The molecule has 8 nitrogen and oxygen atoms in total. The van der Waals surface area contributed by atoms with Gasteiger partial charge in [0.1, 0.15) is 11.9 Å². The summed E-state index contributed by atoms with van der Waals surface area (Å²) in [5.74, 6) is 0.695. The standard InChI is InChI=1S/C17H14N4O4S2/c1-25-12-8-6-11(7-9-12)19-16(22)20-13-4-2-3-5-14(13)26-17-18-10-15(27-17)21(23)24/h2-10H,1H3,(H2,19,20,22). The number of nitrogens with one attached hydrogen (secondary N) is 2. The molecule has 2 aromatic carbocycles. The Labute approximate surface area is 162 Å². The number of methoxy groups -OCH3 is 1. The SMILES string of the molecule is COc1ccc(NC(=O)Nc2ccccc2Sc2ncc([N+](=O)[O-])s2)cc1. The molecule has 0 spiro atoms. The van der Waals surface area contributed by atoms with Gasteiger partial charge in [-0.25, -0.2) is 9.78 Å². The minimum Gasteiger partial charge on any atom is -0.497 e. The predicted molar refractivity (Wildman–Crippen MR) is 105 cm³/mol. The van der Waals surface area contributed by atoms with E-state index in [2.05, 4.69) is 15.6 Å². The van der Waals surface area contributed by atoms with Crippen LogP contribution in [0.2, 0.25) is 0 Å². The number of hydrogen-bond donors (Lipinski definition) is 2. The van der Waals surface area contributed by atoms with Crippen LogP contribution in [0.5, 0.6) is 5.75 Å². The molecule has 27 heavy (non-hydrogen) atoms. The molecular weight excluding hydrogens is 388 g/mol. The predicted octanol–water partition coefficient (Wildman–Crippen LogP) is 4.86. The summed E-state index contributed by atoms with van der Waals surface area (Å²) >= 11 is 2.23. The Hall–Kier alpha value is -3.11. The summed E-state index contributed by atoms with van der Waals surface area (Å²) in [4.78, 5) is 27.3. The van der Waals surface area contributed by atoms with Crippen LogP contribution in [0.3, 0.4) is 0 Å². The topological polar surface area (TPSA) is 106 Å². The van der Waals surface area contributed by atoms with Crippen LogP contribution in [0.1, 0.15) is 0 Å². The van der Waals surface area contributed by atoms with Gasteiger partial charge in [-0.05, 0) is 47.7 Å². The fourth-order valence-corrected chi connectivity index (χ4v) is 3.92. The second-order valence-corrected chi connectivity index (χ2v) is 7.43. The average Bonchev–Trinajstić information content (AvgIpc) is 3.13. The van der Waals surface area contributed by atoms with E-state index in [1.807, 2.05) is 6.07 Å². The van der Waals surface area contributed by atoms with E-state index < -0.39 is 11.0 Å². The zero-order valence-corrected chi connectivity index (χ0v) is 15.7. The first-order valence-electron chi connectivity index (χ1n) is 7.64. The third-order valence-corrected chi connectivity index (χ3v) is 5.43. The molecule has 0 aliphatic carbocycles. The number of para-hydroxylation sites is 1. The monoisotopic (exact) mass is 402 g/mol. The highest BCUT2D eigenvalue weighted by molar-refractivity contribution is 8.01. The molecule has 1 aromatic heterocycles. The van der Waals surface area contributed by atoms with Crippen molar-refractivity contribution < 1.29 is 14.5 Å². The normalized spacial score (nSPS) is 10.3. The fraction of sp³-hybridized carbons (Fsp3) is 0.0588.